The molecule has 124 valence electrons. The molecule has 1 unspecified atom stereocenters. The third-order valence-electron chi connectivity index (χ3n) is 3.92. The van der Waals surface area contributed by atoms with Gasteiger partial charge in [0.1, 0.15) is 0 Å². The van der Waals surface area contributed by atoms with Gasteiger partial charge in [0.15, 0.2) is 5.96 Å². The molecule has 0 saturated heterocycles. The molecular formula is C15H31IN4O. The minimum absolute atomic E-state index is 0. The first-order valence-corrected chi connectivity index (χ1v) is 7.95. The van der Waals surface area contributed by atoms with Crippen molar-refractivity contribution in [3.8, 4) is 0 Å². The average Bonchev–Trinajstić information content (AvgIpc) is 2.44. The first-order valence-electron chi connectivity index (χ1n) is 7.95. The molecule has 0 heterocycles. The van der Waals surface area contributed by atoms with Gasteiger partial charge in [-0.2, -0.15) is 0 Å². The topological polar surface area (TPSA) is 79.5 Å². The van der Waals surface area contributed by atoms with Gasteiger partial charge in [-0.1, -0.05) is 26.2 Å². The number of nitrogens with two attached hydrogens (primary N) is 1. The van der Waals surface area contributed by atoms with Crippen molar-refractivity contribution >= 4 is 35.8 Å². The maximum absolute atomic E-state index is 11.8. The Balaban J connectivity index is 0.00000400. The molecule has 6 heteroatoms. The van der Waals surface area contributed by atoms with E-state index in [1.54, 1.807) is 0 Å². The van der Waals surface area contributed by atoms with Crippen molar-refractivity contribution in [3.05, 3.63) is 0 Å². The molecular weight excluding hydrogens is 379 g/mol. The summed E-state index contributed by atoms with van der Waals surface area (Å²) >= 11 is 0. The van der Waals surface area contributed by atoms with Gasteiger partial charge in [0, 0.05) is 19.0 Å². The van der Waals surface area contributed by atoms with E-state index in [0.717, 1.165) is 6.42 Å². The third-order valence-corrected chi connectivity index (χ3v) is 3.92. The van der Waals surface area contributed by atoms with Crippen molar-refractivity contribution < 1.29 is 4.79 Å². The fraction of sp³-hybridized carbons (Fsp3) is 0.867. The second-order valence-corrected chi connectivity index (χ2v) is 5.78. The number of aliphatic imine (C=N–C) groups is 1. The Bertz CT molecular complexity index is 317. The minimum Gasteiger partial charge on any atom is -0.370 e. The van der Waals surface area contributed by atoms with E-state index in [-0.39, 0.29) is 29.9 Å². The lowest BCUT2D eigenvalue weighted by Crippen LogP contribution is -2.38. The van der Waals surface area contributed by atoms with Gasteiger partial charge in [0.2, 0.25) is 5.91 Å². The highest BCUT2D eigenvalue weighted by atomic mass is 127. The number of carbonyl (C=O) groups is 1. The largest absolute Gasteiger partial charge is 0.370 e. The average molecular weight is 410 g/mol. The highest BCUT2D eigenvalue weighted by Gasteiger charge is 2.16. The number of guanidine groups is 1. The molecule has 0 aromatic heterocycles. The van der Waals surface area contributed by atoms with Gasteiger partial charge in [0.25, 0.3) is 0 Å². The second-order valence-electron chi connectivity index (χ2n) is 5.78. The predicted molar refractivity (Wildman–Crippen MR) is 99.0 cm³/mol. The maximum atomic E-state index is 11.8. The zero-order valence-corrected chi connectivity index (χ0v) is 15.7. The summed E-state index contributed by atoms with van der Waals surface area (Å²) < 4.78 is 0. The summed E-state index contributed by atoms with van der Waals surface area (Å²) in [5.41, 5.74) is 5.74. The second kappa shape index (κ2) is 12.1. The summed E-state index contributed by atoms with van der Waals surface area (Å²) in [7, 11) is 0. The lowest BCUT2D eigenvalue weighted by atomic mass is 9.87. The summed E-state index contributed by atoms with van der Waals surface area (Å²) in [6.07, 6.45) is 7.97. The Morgan fingerprint density at radius 3 is 2.62 bits per heavy atom. The first kappa shape index (κ1) is 20.5. The molecule has 1 saturated carbocycles. The molecule has 0 radical (unpaired) electrons. The van der Waals surface area contributed by atoms with Crippen LogP contribution in [-0.2, 0) is 4.79 Å². The normalized spacial score (nSPS) is 17.7. The van der Waals surface area contributed by atoms with E-state index in [1.165, 1.54) is 32.1 Å². The van der Waals surface area contributed by atoms with Crippen LogP contribution in [0.25, 0.3) is 0 Å². The van der Waals surface area contributed by atoms with Crippen LogP contribution in [0.15, 0.2) is 4.99 Å². The summed E-state index contributed by atoms with van der Waals surface area (Å²) in [5.74, 6) is 1.20. The van der Waals surface area contributed by atoms with E-state index in [0.29, 0.717) is 37.4 Å². The van der Waals surface area contributed by atoms with Gasteiger partial charge in [0.05, 0.1) is 6.54 Å². The van der Waals surface area contributed by atoms with Crippen molar-refractivity contribution in [1.82, 2.24) is 10.6 Å². The van der Waals surface area contributed by atoms with Crippen LogP contribution in [0.3, 0.4) is 0 Å². The molecule has 0 spiro atoms. The Morgan fingerprint density at radius 1 is 1.33 bits per heavy atom. The molecule has 21 heavy (non-hydrogen) atoms. The zero-order chi connectivity index (χ0) is 14.8. The molecule has 0 aromatic carbocycles. The van der Waals surface area contributed by atoms with Crippen molar-refractivity contribution in [2.24, 2.45) is 16.6 Å². The number of nitrogens with one attached hydrogen (secondary N) is 2. The SMILES string of the molecule is CCC(C)NC(N)=NCCNC(=O)CC1CCCCC1.I. The summed E-state index contributed by atoms with van der Waals surface area (Å²) in [6.45, 7) is 5.25. The molecule has 1 amide bonds. The van der Waals surface area contributed by atoms with Crippen LogP contribution >= 0.6 is 24.0 Å². The lowest BCUT2D eigenvalue weighted by Gasteiger charge is -2.20. The van der Waals surface area contributed by atoms with Gasteiger partial charge >= 0.3 is 0 Å². The smallest absolute Gasteiger partial charge is 0.220 e. The summed E-state index contributed by atoms with van der Waals surface area (Å²) in [6, 6.07) is 0.333. The fourth-order valence-electron chi connectivity index (χ4n) is 2.50. The minimum atomic E-state index is 0. The molecule has 0 bridgehead atoms. The Labute approximate surface area is 145 Å². The molecule has 4 N–H and O–H groups in total. The van der Waals surface area contributed by atoms with E-state index in [4.69, 9.17) is 5.73 Å². The summed E-state index contributed by atoms with van der Waals surface area (Å²) in [4.78, 5) is 16.0. The predicted octanol–water partition coefficient (Wildman–Crippen LogP) is 2.39. The quantitative estimate of drug-likeness (QED) is 0.261. The van der Waals surface area contributed by atoms with Crippen LogP contribution < -0.4 is 16.4 Å². The number of hydrogen-bond donors (Lipinski definition) is 3. The van der Waals surface area contributed by atoms with Crippen molar-refractivity contribution in [2.45, 2.75) is 64.8 Å². The van der Waals surface area contributed by atoms with Crippen LogP contribution in [0.4, 0.5) is 0 Å². The van der Waals surface area contributed by atoms with E-state index >= 15 is 0 Å². The molecule has 1 aliphatic carbocycles. The number of amides is 1. The third kappa shape index (κ3) is 9.92. The Morgan fingerprint density at radius 2 is 2.00 bits per heavy atom. The Hall–Kier alpha value is -0.530. The van der Waals surface area contributed by atoms with Gasteiger partial charge in [-0.3, -0.25) is 9.79 Å². The van der Waals surface area contributed by atoms with Gasteiger partial charge in [-0.15, -0.1) is 24.0 Å². The van der Waals surface area contributed by atoms with Crippen LogP contribution in [0.5, 0.6) is 0 Å². The Kier molecular flexibility index (Phi) is 11.8. The van der Waals surface area contributed by atoms with Gasteiger partial charge in [-0.05, 0) is 32.1 Å². The van der Waals surface area contributed by atoms with Crippen LogP contribution in [0.1, 0.15) is 58.8 Å². The van der Waals surface area contributed by atoms with Crippen LogP contribution in [-0.4, -0.2) is 31.0 Å². The number of carbonyl (C=O) groups excluding carboxylic acids is 1. The molecule has 0 aromatic rings. The maximum Gasteiger partial charge on any atom is 0.220 e. The van der Waals surface area contributed by atoms with Gasteiger partial charge < -0.3 is 16.4 Å². The van der Waals surface area contributed by atoms with E-state index < -0.39 is 0 Å². The standard InChI is InChI=1S/C15H30N4O.HI/c1-3-12(2)19-15(16)18-10-9-17-14(20)11-13-7-5-4-6-8-13;/h12-13H,3-11H2,1-2H3,(H,17,20)(H3,16,18,19);1H. The molecule has 0 aliphatic heterocycles. The van der Waals surface area contributed by atoms with Crippen molar-refractivity contribution in [2.75, 3.05) is 13.1 Å². The number of rotatable bonds is 7. The van der Waals surface area contributed by atoms with Crippen molar-refractivity contribution in [3.63, 3.8) is 0 Å². The van der Waals surface area contributed by atoms with Crippen LogP contribution in [0, 0.1) is 5.92 Å². The molecule has 1 atom stereocenters. The van der Waals surface area contributed by atoms with E-state index in [9.17, 15) is 4.79 Å². The zero-order valence-electron chi connectivity index (χ0n) is 13.4. The number of nitrogens with zero attached hydrogens (tertiary/aromatic N) is 1. The highest BCUT2D eigenvalue weighted by Crippen LogP contribution is 2.25. The molecule has 5 nitrogen and oxygen atoms in total. The summed E-state index contributed by atoms with van der Waals surface area (Å²) in [5, 5.41) is 6.02. The fourth-order valence-corrected chi connectivity index (χ4v) is 2.50. The highest BCUT2D eigenvalue weighted by molar-refractivity contribution is 14.0. The van der Waals surface area contributed by atoms with E-state index in [1.807, 2.05) is 0 Å². The first-order chi connectivity index (χ1) is 9.61. The van der Waals surface area contributed by atoms with Gasteiger partial charge in [-0.25, -0.2) is 0 Å². The monoisotopic (exact) mass is 410 g/mol. The van der Waals surface area contributed by atoms with Crippen LogP contribution in [0.2, 0.25) is 0 Å². The number of halogens is 1. The molecule has 1 fully saturated rings. The number of hydrogen-bond acceptors (Lipinski definition) is 2. The molecule has 1 rings (SSSR count). The van der Waals surface area contributed by atoms with Crippen molar-refractivity contribution in [1.29, 1.82) is 0 Å². The van der Waals surface area contributed by atoms with E-state index in [2.05, 4.69) is 29.5 Å². The lowest BCUT2D eigenvalue weighted by molar-refractivity contribution is -0.122. The molecule has 1 aliphatic rings.